The van der Waals surface area contributed by atoms with Crippen molar-refractivity contribution in [2.45, 2.75) is 32.0 Å². The Labute approximate surface area is 127 Å². The third kappa shape index (κ3) is 3.66. The Morgan fingerprint density at radius 1 is 1.30 bits per heavy atom. The van der Waals surface area contributed by atoms with Gasteiger partial charge in [-0.1, -0.05) is 28.4 Å². The highest BCUT2D eigenvalue weighted by Crippen LogP contribution is 2.28. The van der Waals surface area contributed by atoms with Gasteiger partial charge in [-0.25, -0.2) is 0 Å². The topological polar surface area (TPSA) is 47.3 Å². The number of aromatic nitrogens is 1. The molecule has 1 aliphatic rings. The maximum Gasteiger partial charge on any atom is 0.174 e. The monoisotopic (exact) mass is 312 g/mol. The van der Waals surface area contributed by atoms with Gasteiger partial charge in [0.25, 0.3) is 0 Å². The second-order valence-corrected chi connectivity index (χ2v) is 5.65. The lowest BCUT2D eigenvalue weighted by Crippen LogP contribution is -2.15. The molecule has 0 aliphatic heterocycles. The van der Waals surface area contributed by atoms with Gasteiger partial charge >= 0.3 is 0 Å². The number of nitrogens with one attached hydrogen (secondary N) is 1. The van der Waals surface area contributed by atoms with Gasteiger partial charge in [0.05, 0.1) is 10.7 Å². The predicted molar refractivity (Wildman–Crippen MR) is 77.2 cm³/mol. The molecule has 1 fully saturated rings. The molecule has 2 aromatic rings. The zero-order chi connectivity index (χ0) is 13.9. The van der Waals surface area contributed by atoms with Crippen LogP contribution in [-0.2, 0) is 13.2 Å². The second-order valence-electron chi connectivity index (χ2n) is 4.80. The molecule has 1 aromatic heterocycles. The van der Waals surface area contributed by atoms with Gasteiger partial charge in [0.15, 0.2) is 5.76 Å². The standard InChI is InChI=1S/C14H14Cl2N2O2/c15-9-1-4-14(13(16)5-9)19-8-12-6-11(18-20-12)7-17-10-2-3-10/h1,4-6,10,17H,2-3,7-8H2. The van der Waals surface area contributed by atoms with E-state index in [0.717, 1.165) is 12.2 Å². The van der Waals surface area contributed by atoms with Crippen molar-refractivity contribution >= 4 is 23.2 Å². The molecule has 0 unspecified atom stereocenters. The van der Waals surface area contributed by atoms with Gasteiger partial charge < -0.3 is 14.6 Å². The van der Waals surface area contributed by atoms with Crippen LogP contribution in [0.2, 0.25) is 10.0 Å². The molecule has 3 rings (SSSR count). The smallest absolute Gasteiger partial charge is 0.174 e. The molecule has 4 nitrogen and oxygen atoms in total. The number of rotatable bonds is 6. The molecule has 0 spiro atoms. The van der Waals surface area contributed by atoms with E-state index in [2.05, 4.69) is 10.5 Å². The van der Waals surface area contributed by atoms with E-state index in [-0.39, 0.29) is 6.61 Å². The molecular formula is C14H14Cl2N2O2. The van der Waals surface area contributed by atoms with Gasteiger partial charge in [-0.3, -0.25) is 0 Å². The third-order valence-corrected chi connectivity index (χ3v) is 3.55. The lowest BCUT2D eigenvalue weighted by molar-refractivity contribution is 0.248. The highest BCUT2D eigenvalue weighted by molar-refractivity contribution is 6.35. The van der Waals surface area contributed by atoms with E-state index in [9.17, 15) is 0 Å². The first-order valence-electron chi connectivity index (χ1n) is 6.46. The Morgan fingerprint density at radius 2 is 2.15 bits per heavy atom. The van der Waals surface area contributed by atoms with E-state index in [0.29, 0.717) is 27.6 Å². The molecule has 1 aromatic carbocycles. The van der Waals surface area contributed by atoms with E-state index in [4.69, 9.17) is 32.5 Å². The average molecular weight is 313 g/mol. The summed E-state index contributed by atoms with van der Waals surface area (Å²) in [6.45, 7) is 1.02. The first kappa shape index (κ1) is 13.7. The largest absolute Gasteiger partial charge is 0.484 e. The fourth-order valence-electron chi connectivity index (χ4n) is 1.78. The lowest BCUT2D eigenvalue weighted by atomic mass is 10.3. The lowest BCUT2D eigenvalue weighted by Gasteiger charge is -2.05. The maximum absolute atomic E-state index is 6.03. The SMILES string of the molecule is Clc1ccc(OCc2cc(CNC3CC3)no2)c(Cl)c1. The summed E-state index contributed by atoms with van der Waals surface area (Å²) in [7, 11) is 0. The predicted octanol–water partition coefficient (Wildman–Crippen LogP) is 3.81. The molecule has 1 heterocycles. The summed E-state index contributed by atoms with van der Waals surface area (Å²) >= 11 is 11.9. The average Bonchev–Trinajstić information content (AvgIpc) is 3.14. The Balaban J connectivity index is 1.54. The molecule has 106 valence electrons. The van der Waals surface area contributed by atoms with E-state index in [1.807, 2.05) is 6.07 Å². The highest BCUT2D eigenvalue weighted by Gasteiger charge is 2.20. The molecule has 0 amide bonds. The third-order valence-electron chi connectivity index (χ3n) is 3.02. The minimum Gasteiger partial charge on any atom is -0.484 e. The van der Waals surface area contributed by atoms with E-state index < -0.39 is 0 Å². The first-order valence-corrected chi connectivity index (χ1v) is 7.22. The molecule has 0 atom stereocenters. The van der Waals surface area contributed by atoms with Crippen LogP contribution >= 0.6 is 23.2 Å². The fourth-order valence-corrected chi connectivity index (χ4v) is 2.25. The van der Waals surface area contributed by atoms with Crippen molar-refractivity contribution in [1.82, 2.24) is 10.5 Å². The van der Waals surface area contributed by atoms with E-state index >= 15 is 0 Å². The maximum atomic E-state index is 6.03. The number of hydrogen-bond acceptors (Lipinski definition) is 4. The van der Waals surface area contributed by atoms with Crippen LogP contribution in [0.5, 0.6) is 5.75 Å². The zero-order valence-electron chi connectivity index (χ0n) is 10.7. The van der Waals surface area contributed by atoms with Crippen LogP contribution in [0.4, 0.5) is 0 Å². The summed E-state index contributed by atoms with van der Waals surface area (Å²) in [5, 5.41) is 8.43. The Hall–Kier alpha value is -1.23. The number of nitrogens with zero attached hydrogens (tertiary/aromatic N) is 1. The van der Waals surface area contributed by atoms with Crippen LogP contribution < -0.4 is 10.1 Å². The molecule has 1 N–H and O–H groups in total. The summed E-state index contributed by atoms with van der Waals surface area (Å²) in [6.07, 6.45) is 2.51. The van der Waals surface area contributed by atoms with Crippen molar-refractivity contribution < 1.29 is 9.26 Å². The minimum absolute atomic E-state index is 0.289. The van der Waals surface area contributed by atoms with Crippen molar-refractivity contribution in [3.63, 3.8) is 0 Å². The number of benzene rings is 1. The van der Waals surface area contributed by atoms with Gasteiger partial charge in [0, 0.05) is 23.7 Å². The van der Waals surface area contributed by atoms with E-state index in [1.54, 1.807) is 18.2 Å². The summed E-state index contributed by atoms with van der Waals surface area (Å²) < 4.78 is 10.8. The molecule has 0 bridgehead atoms. The van der Waals surface area contributed by atoms with Gasteiger partial charge in [0.2, 0.25) is 0 Å². The van der Waals surface area contributed by atoms with Crippen LogP contribution in [0.15, 0.2) is 28.8 Å². The minimum atomic E-state index is 0.289. The van der Waals surface area contributed by atoms with E-state index in [1.165, 1.54) is 12.8 Å². The van der Waals surface area contributed by atoms with Gasteiger partial charge in [-0.2, -0.15) is 0 Å². The Morgan fingerprint density at radius 3 is 2.90 bits per heavy atom. The van der Waals surface area contributed by atoms with Gasteiger partial charge in [0.1, 0.15) is 12.4 Å². The Kier molecular flexibility index (Phi) is 4.15. The van der Waals surface area contributed by atoms with Crippen LogP contribution in [-0.4, -0.2) is 11.2 Å². The van der Waals surface area contributed by atoms with Gasteiger partial charge in [-0.15, -0.1) is 0 Å². The molecule has 0 radical (unpaired) electrons. The summed E-state index contributed by atoms with van der Waals surface area (Å²) in [5.74, 6) is 1.24. The number of ether oxygens (including phenoxy) is 1. The van der Waals surface area contributed by atoms with Crippen LogP contribution in [0.25, 0.3) is 0 Å². The van der Waals surface area contributed by atoms with Crippen molar-refractivity contribution in [3.05, 3.63) is 45.8 Å². The normalized spacial score (nSPS) is 14.5. The van der Waals surface area contributed by atoms with Crippen LogP contribution in [0.1, 0.15) is 24.3 Å². The highest BCUT2D eigenvalue weighted by atomic mass is 35.5. The fraction of sp³-hybridized carbons (Fsp3) is 0.357. The molecular weight excluding hydrogens is 299 g/mol. The summed E-state index contributed by atoms with van der Waals surface area (Å²) in [6, 6.07) is 7.65. The van der Waals surface area contributed by atoms with Crippen molar-refractivity contribution in [2.75, 3.05) is 0 Å². The Bertz CT molecular complexity index is 597. The van der Waals surface area contributed by atoms with Crippen LogP contribution in [0, 0.1) is 0 Å². The molecule has 20 heavy (non-hydrogen) atoms. The number of halogens is 2. The summed E-state index contributed by atoms with van der Waals surface area (Å²) in [5.41, 5.74) is 0.887. The first-order chi connectivity index (χ1) is 9.70. The number of hydrogen-bond donors (Lipinski definition) is 1. The van der Waals surface area contributed by atoms with Crippen molar-refractivity contribution in [3.8, 4) is 5.75 Å². The van der Waals surface area contributed by atoms with Gasteiger partial charge in [-0.05, 0) is 31.0 Å². The van der Waals surface area contributed by atoms with Crippen molar-refractivity contribution in [1.29, 1.82) is 0 Å². The van der Waals surface area contributed by atoms with Crippen molar-refractivity contribution in [2.24, 2.45) is 0 Å². The molecule has 1 saturated carbocycles. The summed E-state index contributed by atoms with van der Waals surface area (Å²) in [4.78, 5) is 0. The van der Waals surface area contributed by atoms with Crippen LogP contribution in [0.3, 0.4) is 0 Å². The zero-order valence-corrected chi connectivity index (χ0v) is 12.2. The molecule has 6 heteroatoms. The molecule has 0 saturated heterocycles. The quantitative estimate of drug-likeness (QED) is 0.881. The molecule has 1 aliphatic carbocycles. The second kappa shape index (κ2) is 6.04.